The van der Waals surface area contributed by atoms with Gasteiger partial charge in [0.1, 0.15) is 0 Å². The zero-order chi connectivity index (χ0) is 12.0. The van der Waals surface area contributed by atoms with Gasteiger partial charge in [-0.05, 0) is 26.3 Å². The number of aryl methyl sites for hydroxylation is 1. The van der Waals surface area contributed by atoms with Crippen molar-refractivity contribution >= 4 is 29.9 Å². The molecule has 0 heterocycles. The average Bonchev–Trinajstić information content (AvgIpc) is 2.26. The highest BCUT2D eigenvalue weighted by Crippen LogP contribution is 2.02. The number of rotatable bonds is 3. The molecule has 0 fully saturated rings. The summed E-state index contributed by atoms with van der Waals surface area (Å²) in [7, 11) is 1.78. The predicted molar refractivity (Wildman–Crippen MR) is 85.1 cm³/mol. The van der Waals surface area contributed by atoms with Gasteiger partial charge in [0.25, 0.3) is 0 Å². The third-order valence-electron chi connectivity index (χ3n) is 2.23. The summed E-state index contributed by atoms with van der Waals surface area (Å²) >= 11 is 0. The van der Waals surface area contributed by atoms with Crippen LogP contribution < -0.4 is 10.6 Å². The van der Waals surface area contributed by atoms with Crippen molar-refractivity contribution < 1.29 is 0 Å². The first kappa shape index (κ1) is 16.2. The van der Waals surface area contributed by atoms with Crippen molar-refractivity contribution in [2.75, 3.05) is 7.05 Å². The first-order chi connectivity index (χ1) is 7.61. The lowest BCUT2D eigenvalue weighted by molar-refractivity contribution is 0.699. The van der Waals surface area contributed by atoms with Crippen LogP contribution in [-0.4, -0.2) is 19.0 Å². The SMILES string of the molecule is CN=C(NCc1ccc(C)cc1)NC(C)C.I. The van der Waals surface area contributed by atoms with Gasteiger partial charge < -0.3 is 10.6 Å². The van der Waals surface area contributed by atoms with E-state index in [-0.39, 0.29) is 24.0 Å². The molecule has 0 amide bonds. The van der Waals surface area contributed by atoms with E-state index in [0.717, 1.165) is 12.5 Å². The number of hydrogen-bond donors (Lipinski definition) is 2. The Morgan fingerprint density at radius 1 is 1.24 bits per heavy atom. The van der Waals surface area contributed by atoms with Gasteiger partial charge in [-0.25, -0.2) is 0 Å². The maximum atomic E-state index is 4.16. The Labute approximate surface area is 121 Å². The van der Waals surface area contributed by atoms with Gasteiger partial charge in [-0.1, -0.05) is 29.8 Å². The van der Waals surface area contributed by atoms with Crippen LogP contribution in [-0.2, 0) is 6.54 Å². The molecule has 0 saturated carbocycles. The van der Waals surface area contributed by atoms with Crippen LogP contribution in [0.25, 0.3) is 0 Å². The second kappa shape index (κ2) is 8.33. The molecule has 0 unspecified atom stereocenters. The monoisotopic (exact) mass is 347 g/mol. The third-order valence-corrected chi connectivity index (χ3v) is 2.23. The number of halogens is 1. The molecule has 2 N–H and O–H groups in total. The van der Waals surface area contributed by atoms with E-state index in [1.165, 1.54) is 11.1 Å². The largest absolute Gasteiger partial charge is 0.354 e. The van der Waals surface area contributed by atoms with Gasteiger partial charge in [0.15, 0.2) is 5.96 Å². The molecule has 4 heteroatoms. The molecule has 17 heavy (non-hydrogen) atoms. The summed E-state index contributed by atoms with van der Waals surface area (Å²) in [6.07, 6.45) is 0. The van der Waals surface area contributed by atoms with Gasteiger partial charge in [0.05, 0.1) is 0 Å². The van der Waals surface area contributed by atoms with Crippen LogP contribution in [0.1, 0.15) is 25.0 Å². The fourth-order valence-electron chi connectivity index (χ4n) is 1.36. The quantitative estimate of drug-likeness (QED) is 0.501. The van der Waals surface area contributed by atoms with Crippen LogP contribution in [0, 0.1) is 6.92 Å². The molecule has 0 aliphatic heterocycles. The Morgan fingerprint density at radius 3 is 2.29 bits per heavy atom. The number of hydrogen-bond acceptors (Lipinski definition) is 1. The summed E-state index contributed by atoms with van der Waals surface area (Å²) in [6, 6.07) is 8.89. The van der Waals surface area contributed by atoms with Crippen LogP contribution in [0.4, 0.5) is 0 Å². The van der Waals surface area contributed by atoms with Gasteiger partial charge in [-0.3, -0.25) is 4.99 Å². The zero-order valence-corrected chi connectivity index (χ0v) is 13.3. The summed E-state index contributed by atoms with van der Waals surface area (Å²) < 4.78 is 0. The number of guanidine groups is 1. The van der Waals surface area contributed by atoms with Crippen LogP contribution in [0.2, 0.25) is 0 Å². The smallest absolute Gasteiger partial charge is 0.191 e. The zero-order valence-electron chi connectivity index (χ0n) is 10.9. The minimum atomic E-state index is 0. The van der Waals surface area contributed by atoms with Gasteiger partial charge in [-0.15, -0.1) is 24.0 Å². The minimum absolute atomic E-state index is 0. The molecule has 0 atom stereocenters. The maximum absolute atomic E-state index is 4.16. The maximum Gasteiger partial charge on any atom is 0.191 e. The Hall–Kier alpha value is -0.780. The second-order valence-electron chi connectivity index (χ2n) is 4.21. The summed E-state index contributed by atoms with van der Waals surface area (Å²) in [5.41, 5.74) is 2.55. The first-order valence-electron chi connectivity index (χ1n) is 5.64. The van der Waals surface area contributed by atoms with E-state index in [2.05, 4.69) is 60.7 Å². The number of nitrogens with zero attached hydrogens (tertiary/aromatic N) is 1. The highest BCUT2D eigenvalue weighted by molar-refractivity contribution is 14.0. The van der Waals surface area contributed by atoms with Crippen molar-refractivity contribution in [3.8, 4) is 0 Å². The van der Waals surface area contributed by atoms with E-state index < -0.39 is 0 Å². The summed E-state index contributed by atoms with van der Waals surface area (Å²) in [4.78, 5) is 4.16. The normalized spacial score (nSPS) is 11.0. The van der Waals surface area contributed by atoms with E-state index in [0.29, 0.717) is 6.04 Å². The molecule has 1 aromatic rings. The molecule has 1 rings (SSSR count). The Morgan fingerprint density at radius 2 is 1.82 bits per heavy atom. The lowest BCUT2D eigenvalue weighted by Crippen LogP contribution is -2.40. The van der Waals surface area contributed by atoms with Crippen molar-refractivity contribution in [2.24, 2.45) is 4.99 Å². The third kappa shape index (κ3) is 6.51. The lowest BCUT2D eigenvalue weighted by atomic mass is 10.1. The van der Waals surface area contributed by atoms with Crippen LogP contribution in [0.5, 0.6) is 0 Å². The van der Waals surface area contributed by atoms with Crippen molar-refractivity contribution in [1.29, 1.82) is 0 Å². The second-order valence-corrected chi connectivity index (χ2v) is 4.21. The van der Waals surface area contributed by atoms with Crippen LogP contribution >= 0.6 is 24.0 Å². The van der Waals surface area contributed by atoms with Gasteiger partial charge >= 0.3 is 0 Å². The van der Waals surface area contributed by atoms with Crippen molar-refractivity contribution in [3.63, 3.8) is 0 Å². The molecule has 3 nitrogen and oxygen atoms in total. The van der Waals surface area contributed by atoms with E-state index >= 15 is 0 Å². The topological polar surface area (TPSA) is 36.4 Å². The molecule has 0 aliphatic carbocycles. The summed E-state index contributed by atoms with van der Waals surface area (Å²) in [5.74, 6) is 0.843. The molecular formula is C13H22IN3. The molecule has 0 saturated heterocycles. The van der Waals surface area contributed by atoms with Crippen LogP contribution in [0.3, 0.4) is 0 Å². The molecule has 0 aliphatic rings. The van der Waals surface area contributed by atoms with Gasteiger partial charge in [0.2, 0.25) is 0 Å². The first-order valence-corrected chi connectivity index (χ1v) is 5.64. The van der Waals surface area contributed by atoms with Crippen LogP contribution in [0.15, 0.2) is 29.3 Å². The molecule has 0 bridgehead atoms. The average molecular weight is 347 g/mol. The van der Waals surface area contributed by atoms with E-state index in [1.54, 1.807) is 7.05 Å². The molecule has 0 radical (unpaired) electrons. The highest BCUT2D eigenvalue weighted by Gasteiger charge is 1.99. The van der Waals surface area contributed by atoms with Gasteiger partial charge in [-0.2, -0.15) is 0 Å². The molecular weight excluding hydrogens is 325 g/mol. The molecule has 96 valence electrons. The minimum Gasteiger partial charge on any atom is -0.354 e. The lowest BCUT2D eigenvalue weighted by Gasteiger charge is -2.14. The fourth-order valence-corrected chi connectivity index (χ4v) is 1.36. The number of aliphatic imine (C=N–C) groups is 1. The number of benzene rings is 1. The highest BCUT2D eigenvalue weighted by atomic mass is 127. The Bertz CT molecular complexity index is 344. The van der Waals surface area contributed by atoms with Gasteiger partial charge in [0, 0.05) is 19.6 Å². The number of nitrogens with one attached hydrogen (secondary N) is 2. The summed E-state index contributed by atoms with van der Waals surface area (Å²) in [5, 5.41) is 6.53. The molecule has 0 spiro atoms. The standard InChI is InChI=1S/C13H21N3.HI/c1-10(2)16-13(14-4)15-9-12-7-5-11(3)6-8-12;/h5-8,10H,9H2,1-4H3,(H2,14,15,16);1H. The predicted octanol–water partition coefficient (Wildman–Crippen LogP) is 2.69. The molecule has 0 aromatic heterocycles. The van der Waals surface area contributed by atoms with E-state index in [1.807, 2.05) is 0 Å². The van der Waals surface area contributed by atoms with E-state index in [9.17, 15) is 0 Å². The van der Waals surface area contributed by atoms with Crippen molar-refractivity contribution in [1.82, 2.24) is 10.6 Å². The van der Waals surface area contributed by atoms with E-state index in [4.69, 9.17) is 0 Å². The fraction of sp³-hybridized carbons (Fsp3) is 0.462. The summed E-state index contributed by atoms with van der Waals surface area (Å²) in [6.45, 7) is 7.08. The Kier molecular flexibility index (Phi) is 7.95. The van der Waals surface area contributed by atoms with Crippen molar-refractivity contribution in [2.45, 2.75) is 33.4 Å². The molecule has 1 aromatic carbocycles. The van der Waals surface area contributed by atoms with Crippen molar-refractivity contribution in [3.05, 3.63) is 35.4 Å². The Balaban J connectivity index is 0.00000256.